The number of hydrogen-bond acceptors (Lipinski definition) is 1. The summed E-state index contributed by atoms with van der Waals surface area (Å²) in [5.74, 6) is 2.95. The Labute approximate surface area is 816 Å². The molecule has 0 aliphatic heterocycles. The van der Waals surface area contributed by atoms with E-state index in [1.165, 1.54) is 273 Å². The second-order valence-corrected chi connectivity index (χ2v) is 43.2. The SMILES string of the molecule is CC(C)c1ccc2cc3c(cc2c1)c1cc(-c2cc(-c4ccccc4)cc(-c4ccccc4)c2)cc2c4cc5cc(C(C)C)ccc5cc4n3c12.CC(C)c1ccc2cc3c(cc2c1)c1cc(-c2ccc(C(C)(C)C)cc2)cc2c4cc5cc(C(C)C)ccc5cc4n3c12.CC(C)c1ccc2cc3c(cc2c1)c1cc(-c2ccc4oc5ccccc5c4c2)cc2c4cc5cc(C(C)C)ccc5cc4n3c12. The van der Waals surface area contributed by atoms with Crippen molar-refractivity contribution < 1.29 is 4.42 Å². The predicted molar refractivity (Wildman–Crippen MR) is 606 cm³/mol. The average Bonchev–Trinajstić information content (AvgIpc) is 1.54. The van der Waals surface area contributed by atoms with Crippen LogP contribution in [0.25, 0.3) is 256 Å². The van der Waals surface area contributed by atoms with Gasteiger partial charge in [-0.1, -0.05) is 322 Å². The zero-order chi connectivity index (χ0) is 95.0. The lowest BCUT2D eigenvalue weighted by Crippen LogP contribution is -2.10. The van der Waals surface area contributed by atoms with Crippen molar-refractivity contribution in [1.82, 2.24) is 13.2 Å². The minimum absolute atomic E-state index is 0.134. The van der Waals surface area contributed by atoms with Gasteiger partial charge in [-0.05, 0) is 346 Å². The van der Waals surface area contributed by atoms with Gasteiger partial charge in [0.25, 0.3) is 0 Å². The maximum absolute atomic E-state index is 6.19. The number of furan rings is 1. The highest BCUT2D eigenvalue weighted by molar-refractivity contribution is 6.31. The fourth-order valence-electron chi connectivity index (χ4n) is 23.3. The van der Waals surface area contributed by atoms with Crippen molar-refractivity contribution in [3.8, 4) is 55.6 Å². The quantitative estimate of drug-likeness (QED) is 0.127. The Morgan fingerprint density at radius 2 is 0.407 bits per heavy atom. The number of aromatic nitrogens is 3. The summed E-state index contributed by atoms with van der Waals surface area (Å²) >= 11 is 0. The van der Waals surface area contributed by atoms with Gasteiger partial charge in [-0.25, -0.2) is 0 Å². The lowest BCUT2D eigenvalue weighted by atomic mass is 9.86. The van der Waals surface area contributed by atoms with Gasteiger partial charge in [-0.15, -0.1) is 0 Å². The Hall–Kier alpha value is -15.6. The summed E-state index contributed by atoms with van der Waals surface area (Å²) in [6, 6.07) is 139. The molecule has 0 fully saturated rings. The molecule has 140 heavy (non-hydrogen) atoms. The Bertz CT molecular complexity index is 9510. The summed E-state index contributed by atoms with van der Waals surface area (Å²) in [5, 5.41) is 33.7. The molecule has 0 aliphatic carbocycles. The zero-order valence-corrected chi connectivity index (χ0v) is 82.4. The van der Waals surface area contributed by atoms with Crippen LogP contribution in [0.15, 0.2) is 368 Å². The van der Waals surface area contributed by atoms with Crippen LogP contribution in [0.5, 0.6) is 0 Å². The van der Waals surface area contributed by atoms with Gasteiger partial charge in [0, 0.05) is 75.4 Å². The summed E-state index contributed by atoms with van der Waals surface area (Å²) in [7, 11) is 0. The molecule has 7 aromatic heterocycles. The highest BCUT2D eigenvalue weighted by Crippen LogP contribution is 2.51. The third-order valence-corrected chi connectivity index (χ3v) is 31.3. The molecule has 0 N–H and O–H groups in total. The summed E-state index contributed by atoms with van der Waals surface area (Å²) in [6.07, 6.45) is 0. The van der Waals surface area contributed by atoms with Gasteiger partial charge >= 0.3 is 0 Å². The third kappa shape index (κ3) is 13.7. The van der Waals surface area contributed by atoms with E-state index in [0.29, 0.717) is 35.5 Å². The largest absolute Gasteiger partial charge is 0.456 e. The summed E-state index contributed by atoms with van der Waals surface area (Å²) < 4.78 is 13.8. The molecule has 0 saturated heterocycles. The van der Waals surface area contributed by atoms with E-state index in [1.54, 1.807) is 0 Å². The van der Waals surface area contributed by atoms with Crippen LogP contribution in [-0.4, -0.2) is 13.2 Å². The fraction of sp³-hybridized carbons (Fsp3) is 0.162. The van der Waals surface area contributed by atoms with Crippen molar-refractivity contribution >= 4 is 201 Å². The van der Waals surface area contributed by atoms with Gasteiger partial charge in [-0.2, -0.15) is 0 Å². The van der Waals surface area contributed by atoms with E-state index in [-0.39, 0.29) is 5.41 Å². The molecule has 0 aliphatic rings. The van der Waals surface area contributed by atoms with E-state index in [4.69, 9.17) is 4.42 Å². The predicted octanol–water partition coefficient (Wildman–Crippen LogP) is 39.7. The molecule has 0 saturated carbocycles. The molecule has 0 bridgehead atoms. The minimum Gasteiger partial charge on any atom is -0.456 e. The molecule has 4 nitrogen and oxygen atoms in total. The normalized spacial score (nSPS) is 12.6. The van der Waals surface area contributed by atoms with Gasteiger partial charge < -0.3 is 17.6 Å². The fourth-order valence-corrected chi connectivity index (χ4v) is 23.3. The number of fused-ring (bicyclic) bond motifs is 27. The van der Waals surface area contributed by atoms with Crippen LogP contribution in [0.3, 0.4) is 0 Å². The third-order valence-electron chi connectivity index (χ3n) is 31.3. The van der Waals surface area contributed by atoms with E-state index < -0.39 is 0 Å². The molecule has 0 radical (unpaired) electrons. The first-order chi connectivity index (χ1) is 67.9. The highest BCUT2D eigenvalue weighted by atomic mass is 16.3. The van der Waals surface area contributed by atoms with Crippen LogP contribution in [-0.2, 0) is 5.41 Å². The first-order valence-electron chi connectivity index (χ1n) is 50.6. The Morgan fingerprint density at radius 3 is 0.700 bits per heavy atom. The van der Waals surface area contributed by atoms with E-state index >= 15 is 0 Å². The van der Waals surface area contributed by atoms with Crippen molar-refractivity contribution in [3.63, 3.8) is 0 Å². The molecule has 0 spiro atoms. The molecule has 0 unspecified atom stereocenters. The van der Waals surface area contributed by atoms with Gasteiger partial charge in [-0.3, -0.25) is 0 Å². The Kier molecular flexibility index (Phi) is 19.4. The topological polar surface area (TPSA) is 26.4 Å². The molecule has 28 rings (SSSR count). The van der Waals surface area contributed by atoms with Crippen molar-refractivity contribution in [1.29, 1.82) is 0 Å². The Morgan fingerprint density at radius 1 is 0.171 bits per heavy atom. The minimum atomic E-state index is 0.134. The van der Waals surface area contributed by atoms with E-state index in [0.717, 1.165) is 21.9 Å². The van der Waals surface area contributed by atoms with Crippen LogP contribution in [0, 0.1) is 0 Å². The lowest BCUT2D eigenvalue weighted by molar-refractivity contribution is 0.590. The van der Waals surface area contributed by atoms with Crippen LogP contribution in [0.2, 0.25) is 0 Å². The van der Waals surface area contributed by atoms with E-state index in [2.05, 4.69) is 475 Å². The van der Waals surface area contributed by atoms with Crippen LogP contribution >= 0.6 is 0 Å². The van der Waals surface area contributed by atoms with Crippen molar-refractivity contribution in [3.05, 3.63) is 403 Å². The molecule has 0 amide bonds. The summed E-state index contributed by atoms with van der Waals surface area (Å²) in [4.78, 5) is 0. The molecular weight excluding hydrogens is 1690 g/mol. The molecule has 0 atom stereocenters. The number of benzene rings is 21. The van der Waals surface area contributed by atoms with E-state index in [9.17, 15) is 0 Å². The molecular formula is C136H111N3O. The number of rotatable bonds is 11. The van der Waals surface area contributed by atoms with Crippen LogP contribution < -0.4 is 0 Å². The van der Waals surface area contributed by atoms with Gasteiger partial charge in [0.1, 0.15) is 11.2 Å². The first-order valence-corrected chi connectivity index (χ1v) is 50.6. The first kappa shape index (κ1) is 84.9. The number of nitrogens with zero attached hydrogens (tertiary/aromatic N) is 3. The smallest absolute Gasteiger partial charge is 0.135 e. The average molecular weight is 1800 g/mol. The molecule has 28 aromatic rings. The van der Waals surface area contributed by atoms with E-state index in [1.807, 2.05) is 6.07 Å². The monoisotopic (exact) mass is 1800 g/mol. The van der Waals surface area contributed by atoms with Crippen molar-refractivity contribution in [2.45, 2.75) is 145 Å². The standard InChI is InChI=1S/C50H39N.C44H33NO.C42H39N/c1-30(2)34-15-17-36-28-48-44(24-41(36)19-34)46-26-43(40-22-38(32-11-7-5-8-12-32)21-39(23-40)33-13-9-6-10-14-33)27-47-45-25-42-20-35(31(3)4)16-18-37(42)29-49(45)51(48)50(46)47;1-24(2)26-9-11-29-22-40-35(18-31(29)15-26)38-20-33(28-13-14-43-37(17-28)34-7-5-6-8-42(34)46-43)21-39-36-19-32-16-27(25(3)4)10-12-30(32)23-41(36)45(40)44(38)39;1-24(2)27-8-10-29-22-39-35(18-31(29)16-27)37-20-33(26-12-14-34(15-13-26)42(5,6)7)21-38-36-19-32-17-28(25(3)4)9-11-30(32)23-40(36)43(39)41(37)38/h5-31H,1-4H3;5-25H,1-4H3;8-25H,1-7H3. The second-order valence-electron chi connectivity index (χ2n) is 43.2. The molecule has 676 valence electrons. The second kappa shape index (κ2) is 32.0. The molecule has 21 aromatic carbocycles. The summed E-state index contributed by atoms with van der Waals surface area (Å²) in [6.45, 7) is 34.2. The van der Waals surface area contributed by atoms with Gasteiger partial charge in [0.2, 0.25) is 0 Å². The maximum Gasteiger partial charge on any atom is 0.135 e. The number of hydrogen-bond donors (Lipinski definition) is 0. The van der Waals surface area contributed by atoms with Crippen LogP contribution in [0.4, 0.5) is 0 Å². The zero-order valence-electron chi connectivity index (χ0n) is 82.4. The molecule has 4 heteroatoms. The van der Waals surface area contributed by atoms with Gasteiger partial charge in [0.05, 0.1) is 49.7 Å². The summed E-state index contributed by atoms with van der Waals surface area (Å²) in [5.41, 5.74) is 35.6. The maximum atomic E-state index is 6.19. The number of para-hydroxylation sites is 1. The van der Waals surface area contributed by atoms with Gasteiger partial charge in [0.15, 0.2) is 0 Å². The Balaban J connectivity index is 0.000000108. The molecule has 7 heterocycles. The van der Waals surface area contributed by atoms with Crippen molar-refractivity contribution in [2.24, 2.45) is 0 Å². The van der Waals surface area contributed by atoms with Crippen molar-refractivity contribution in [2.75, 3.05) is 0 Å². The lowest BCUT2D eigenvalue weighted by Gasteiger charge is -2.19. The highest BCUT2D eigenvalue weighted by Gasteiger charge is 2.28. The van der Waals surface area contributed by atoms with Crippen LogP contribution in [0.1, 0.15) is 178 Å².